The number of aromatic nitrogens is 1. The van der Waals surface area contributed by atoms with Crippen LogP contribution in [0.3, 0.4) is 0 Å². The third-order valence-electron chi connectivity index (χ3n) is 3.13. The highest BCUT2D eigenvalue weighted by Gasteiger charge is 2.03. The van der Waals surface area contributed by atoms with Gasteiger partial charge in [0.15, 0.2) is 0 Å². The van der Waals surface area contributed by atoms with Gasteiger partial charge in [-0.3, -0.25) is 0 Å². The number of ether oxygens (including phenoxy) is 1. The minimum absolute atomic E-state index is 0.697. The number of hydrogen-bond acceptors (Lipinski definition) is 5. The fourth-order valence-electron chi connectivity index (χ4n) is 1.98. The van der Waals surface area contributed by atoms with E-state index in [2.05, 4.69) is 43.2 Å². The first-order valence-electron chi connectivity index (χ1n) is 7.40. The highest BCUT2D eigenvalue weighted by molar-refractivity contribution is 7.12. The molecule has 2 aromatic heterocycles. The molecule has 0 saturated carbocycles. The average molecular weight is 325 g/mol. The van der Waals surface area contributed by atoms with Crippen LogP contribution in [-0.4, -0.2) is 18.1 Å². The molecule has 2 aromatic rings. The zero-order valence-corrected chi connectivity index (χ0v) is 14.6. The summed E-state index contributed by atoms with van der Waals surface area (Å²) in [5.74, 6) is 0.697. The van der Waals surface area contributed by atoms with Crippen molar-refractivity contribution in [3.8, 4) is 0 Å². The van der Waals surface area contributed by atoms with Crippen molar-refractivity contribution in [1.82, 2.24) is 10.3 Å². The molecule has 0 bridgehead atoms. The number of nitrogens with zero attached hydrogens (tertiary/aromatic N) is 1. The number of rotatable bonds is 9. The van der Waals surface area contributed by atoms with Gasteiger partial charge < -0.3 is 10.1 Å². The molecule has 0 fully saturated rings. The van der Waals surface area contributed by atoms with Crippen molar-refractivity contribution in [2.45, 2.75) is 40.3 Å². The number of nitrogens with one attached hydrogen (secondary N) is 1. The van der Waals surface area contributed by atoms with Crippen LogP contribution in [0.15, 0.2) is 17.6 Å². The van der Waals surface area contributed by atoms with E-state index in [1.807, 2.05) is 16.8 Å². The Bertz CT molecular complexity index is 534. The average Bonchev–Trinajstić information content (AvgIpc) is 3.04. The van der Waals surface area contributed by atoms with Crippen molar-refractivity contribution in [3.05, 3.63) is 38.0 Å². The predicted octanol–water partition coefficient (Wildman–Crippen LogP) is 4.02. The van der Waals surface area contributed by atoms with Crippen LogP contribution in [0.1, 0.15) is 34.2 Å². The van der Waals surface area contributed by atoms with Gasteiger partial charge in [0.25, 0.3) is 0 Å². The molecule has 0 aliphatic rings. The summed E-state index contributed by atoms with van der Waals surface area (Å²) in [4.78, 5) is 8.27. The Morgan fingerprint density at radius 1 is 1.29 bits per heavy atom. The lowest BCUT2D eigenvalue weighted by Crippen LogP contribution is -2.18. The van der Waals surface area contributed by atoms with E-state index in [1.165, 1.54) is 14.6 Å². The van der Waals surface area contributed by atoms with Crippen molar-refractivity contribution < 1.29 is 4.74 Å². The van der Waals surface area contributed by atoms with Crippen LogP contribution in [0, 0.1) is 12.8 Å². The van der Waals surface area contributed by atoms with E-state index >= 15 is 0 Å². The Kier molecular flexibility index (Phi) is 6.83. The molecule has 0 radical (unpaired) electrons. The summed E-state index contributed by atoms with van der Waals surface area (Å²) in [5.41, 5.74) is 3.04. The van der Waals surface area contributed by atoms with Crippen molar-refractivity contribution in [1.29, 1.82) is 0 Å². The maximum atomic E-state index is 5.77. The van der Waals surface area contributed by atoms with E-state index in [4.69, 9.17) is 4.74 Å². The van der Waals surface area contributed by atoms with Gasteiger partial charge in [0, 0.05) is 27.6 Å². The molecule has 0 aromatic carbocycles. The van der Waals surface area contributed by atoms with Gasteiger partial charge in [-0.15, -0.1) is 22.7 Å². The van der Waals surface area contributed by atoms with Crippen molar-refractivity contribution >= 4 is 22.7 Å². The van der Waals surface area contributed by atoms with Crippen LogP contribution >= 0.6 is 22.7 Å². The zero-order valence-electron chi connectivity index (χ0n) is 13.0. The first-order valence-corrected chi connectivity index (χ1v) is 9.09. The quantitative estimate of drug-likeness (QED) is 0.708. The van der Waals surface area contributed by atoms with E-state index in [0.29, 0.717) is 12.5 Å². The van der Waals surface area contributed by atoms with Crippen LogP contribution < -0.4 is 5.32 Å². The van der Waals surface area contributed by atoms with Crippen LogP contribution in [0.2, 0.25) is 0 Å². The second-order valence-electron chi connectivity index (χ2n) is 5.56. The maximum Gasteiger partial charge on any atom is 0.0809 e. The second-order valence-corrected chi connectivity index (χ2v) is 7.75. The lowest BCUT2D eigenvalue weighted by Gasteiger charge is -2.05. The third-order valence-corrected chi connectivity index (χ3v) is 5.19. The largest absolute Gasteiger partial charge is 0.376 e. The van der Waals surface area contributed by atoms with Gasteiger partial charge in [-0.05, 0) is 31.5 Å². The molecular formula is C16H24N2OS2. The monoisotopic (exact) mass is 324 g/mol. The molecule has 0 atom stereocenters. The number of hydrogen-bond donors (Lipinski definition) is 1. The summed E-state index contributed by atoms with van der Waals surface area (Å²) < 4.78 is 5.77. The van der Waals surface area contributed by atoms with Gasteiger partial charge in [0.1, 0.15) is 0 Å². The summed E-state index contributed by atoms with van der Waals surface area (Å²) in [6, 6.07) is 4.37. The lowest BCUT2D eigenvalue weighted by molar-refractivity contribution is 0.126. The Morgan fingerprint density at radius 2 is 2.10 bits per heavy atom. The van der Waals surface area contributed by atoms with Crippen LogP contribution in [-0.2, 0) is 24.3 Å². The molecule has 0 unspecified atom stereocenters. The van der Waals surface area contributed by atoms with E-state index in [-0.39, 0.29) is 0 Å². The van der Waals surface area contributed by atoms with Gasteiger partial charge >= 0.3 is 0 Å². The topological polar surface area (TPSA) is 34.1 Å². The van der Waals surface area contributed by atoms with Crippen LogP contribution in [0.5, 0.6) is 0 Å². The standard InChI is InChI=1S/C16H24N2OS2/c1-12(2)8-17-9-14-4-5-15(21-14)10-19-7-6-16-13(3)18-11-20-16/h4-5,11-12,17H,6-10H2,1-3H3. The van der Waals surface area contributed by atoms with Gasteiger partial charge in [-0.2, -0.15) is 0 Å². The Labute approximate surface area is 135 Å². The molecule has 2 rings (SSSR count). The number of aryl methyl sites for hydroxylation is 1. The molecule has 21 heavy (non-hydrogen) atoms. The molecule has 0 aliphatic heterocycles. The normalized spacial score (nSPS) is 11.4. The molecule has 2 heterocycles. The van der Waals surface area contributed by atoms with E-state index < -0.39 is 0 Å². The molecule has 0 spiro atoms. The van der Waals surface area contributed by atoms with E-state index in [1.54, 1.807) is 11.3 Å². The van der Waals surface area contributed by atoms with E-state index in [9.17, 15) is 0 Å². The first-order chi connectivity index (χ1) is 10.1. The Hall–Kier alpha value is -0.750. The molecule has 0 saturated heterocycles. The fraction of sp³-hybridized carbons (Fsp3) is 0.562. The molecule has 0 aliphatic carbocycles. The fourth-order valence-corrected chi connectivity index (χ4v) is 3.67. The van der Waals surface area contributed by atoms with Crippen molar-refractivity contribution in [2.75, 3.05) is 13.2 Å². The summed E-state index contributed by atoms with van der Waals surface area (Å²) in [5, 5.41) is 3.47. The lowest BCUT2D eigenvalue weighted by atomic mass is 10.2. The number of thiophene rings is 1. The van der Waals surface area contributed by atoms with Gasteiger partial charge in [-0.1, -0.05) is 13.8 Å². The first kappa shape index (κ1) is 16.6. The SMILES string of the molecule is Cc1ncsc1CCOCc1ccc(CNCC(C)C)s1. The van der Waals surface area contributed by atoms with Crippen LogP contribution in [0.25, 0.3) is 0 Å². The predicted molar refractivity (Wildman–Crippen MR) is 91.1 cm³/mol. The summed E-state index contributed by atoms with van der Waals surface area (Å²) in [6.45, 7) is 10.0. The molecule has 1 N–H and O–H groups in total. The van der Waals surface area contributed by atoms with Gasteiger partial charge in [-0.25, -0.2) is 4.98 Å². The molecule has 116 valence electrons. The smallest absolute Gasteiger partial charge is 0.0809 e. The van der Waals surface area contributed by atoms with E-state index in [0.717, 1.165) is 31.8 Å². The highest BCUT2D eigenvalue weighted by Crippen LogP contribution is 2.18. The molecule has 0 amide bonds. The molecule has 3 nitrogen and oxygen atoms in total. The minimum atomic E-state index is 0.697. The van der Waals surface area contributed by atoms with Crippen molar-refractivity contribution in [3.63, 3.8) is 0 Å². The maximum absolute atomic E-state index is 5.77. The molecule has 5 heteroatoms. The summed E-state index contributed by atoms with van der Waals surface area (Å²) >= 11 is 3.55. The Balaban J connectivity index is 1.65. The summed E-state index contributed by atoms with van der Waals surface area (Å²) in [7, 11) is 0. The minimum Gasteiger partial charge on any atom is -0.376 e. The second kappa shape index (κ2) is 8.63. The number of thiazole rings is 1. The Morgan fingerprint density at radius 3 is 2.81 bits per heavy atom. The van der Waals surface area contributed by atoms with Crippen molar-refractivity contribution in [2.24, 2.45) is 5.92 Å². The molecular weight excluding hydrogens is 300 g/mol. The third kappa shape index (κ3) is 5.87. The van der Waals surface area contributed by atoms with Gasteiger partial charge in [0.2, 0.25) is 0 Å². The summed E-state index contributed by atoms with van der Waals surface area (Å²) in [6.07, 6.45) is 0.963. The van der Waals surface area contributed by atoms with Crippen LogP contribution in [0.4, 0.5) is 0 Å². The van der Waals surface area contributed by atoms with Gasteiger partial charge in [0.05, 0.1) is 24.4 Å². The highest BCUT2D eigenvalue weighted by atomic mass is 32.1. The zero-order chi connectivity index (χ0) is 15.1.